The molecule has 0 aliphatic carbocycles. The fourth-order valence-corrected chi connectivity index (χ4v) is 15.8. The van der Waals surface area contributed by atoms with Crippen molar-refractivity contribution in [1.29, 1.82) is 0 Å². The Kier molecular flexibility index (Phi) is 36.6. The molecule has 1 saturated heterocycles. The van der Waals surface area contributed by atoms with Gasteiger partial charge in [0.25, 0.3) is 5.91 Å². The molecule has 0 aromatic heterocycles. The SMILES string of the molecule is CC(C)C[C@@H]1NC(=O)[C@H](CCCCNC(=O)[C@@H](N)CSSC(C)(C)C)NC(=O)[C@H](Cc2ccccc2)NC(=O)C(CSSC(C)(C)C)OC(=O)[C@H](Cc2ccccc2)NC(=O)[C@H](C)NC(=O)[C@H](C)N(C)C(=O)[C@H](Cc2ccccc2)N(C)C(=O)[C@H](C)NC(=O)[C@H](CC(C)C)N(C)C(=O)[C@H](C)N(C)C1=O. The standard InChI is InChI=1S/C75H114N12O13S4/c1-45(2)38-57-71(97)85(16)50(8)70(96)86(17)59(39-46(3)4)67(93)79-48(6)69(95)87(18)60(42-53-34-26-21-27-35-53)72(98)84(15)49(7)63(89)78-47(5)62(88)83-58(41-52-32-24-20-25-33-52)73(99)100-61(44-102-104-75(12,13)14)68(94)81-56(40-51-30-22-19-23-31-51)66(92)80-55(65(91)82-57)36-28-29-37-77-64(90)54(76)43-101-103-74(9,10)11/h19-27,30-35,45-50,54-61H,28-29,36-44,76H2,1-18H3,(H,77,90)(H,78,89)(H,79,93)(H,80,92)(H,81,94)(H,82,91)(H,83,88)/t47-,48-,49-,50-,54-,55-,56-,57-,58-,59-,60-,61?/m0/s1. The number of benzene rings is 3. The highest BCUT2D eigenvalue weighted by atomic mass is 33.1. The zero-order valence-electron chi connectivity index (χ0n) is 63.8. The minimum absolute atomic E-state index is 0.0195. The number of amides is 11. The van der Waals surface area contributed by atoms with Gasteiger partial charge >= 0.3 is 5.97 Å². The van der Waals surface area contributed by atoms with Gasteiger partial charge in [-0.3, -0.25) is 52.7 Å². The Hall–Kier alpha value is -7.34. The number of nitrogens with two attached hydrogens (primary N) is 1. The van der Waals surface area contributed by atoms with E-state index >= 15 is 14.4 Å². The number of nitrogens with one attached hydrogen (secondary N) is 7. The lowest BCUT2D eigenvalue weighted by molar-refractivity contribution is -0.157. The fourth-order valence-electron chi connectivity index (χ4n) is 11.0. The van der Waals surface area contributed by atoms with Crippen LogP contribution in [0.4, 0.5) is 0 Å². The Labute approximate surface area is 631 Å². The van der Waals surface area contributed by atoms with Crippen molar-refractivity contribution in [3.8, 4) is 0 Å². The quantitative estimate of drug-likeness (QED) is 0.0325. The Balaban J connectivity index is 1.90. The maximum atomic E-state index is 15.2. The van der Waals surface area contributed by atoms with Crippen molar-refractivity contribution in [2.75, 3.05) is 46.2 Å². The van der Waals surface area contributed by atoms with Gasteiger partial charge in [-0.05, 0) is 88.3 Å². The number of hydrogen-bond acceptors (Lipinski definition) is 18. The molecular weight excluding hydrogens is 1410 g/mol. The van der Waals surface area contributed by atoms with Crippen LogP contribution in [0.3, 0.4) is 0 Å². The predicted molar refractivity (Wildman–Crippen MR) is 414 cm³/mol. The number of nitrogens with zero attached hydrogens (tertiary/aromatic N) is 4. The molecule has 0 saturated carbocycles. The van der Waals surface area contributed by atoms with Crippen molar-refractivity contribution < 1.29 is 62.3 Å². The lowest BCUT2D eigenvalue weighted by atomic mass is 9.99. The molecule has 3 aromatic rings. The van der Waals surface area contributed by atoms with Gasteiger partial charge in [0.05, 0.1) is 11.8 Å². The van der Waals surface area contributed by atoms with Gasteiger partial charge < -0.3 is 67.3 Å². The first-order valence-corrected chi connectivity index (χ1v) is 40.2. The van der Waals surface area contributed by atoms with E-state index in [1.54, 1.807) is 102 Å². The molecule has 9 N–H and O–H groups in total. The second-order valence-electron chi connectivity index (χ2n) is 29.5. The average Bonchev–Trinajstić information content (AvgIpc) is 0.822. The van der Waals surface area contributed by atoms with E-state index in [4.69, 9.17) is 10.5 Å². The first kappa shape index (κ1) is 89.1. The van der Waals surface area contributed by atoms with Crippen molar-refractivity contribution in [2.24, 2.45) is 17.6 Å². The maximum Gasteiger partial charge on any atom is 0.329 e. The summed E-state index contributed by atoms with van der Waals surface area (Å²) in [6, 6.07) is 12.4. The summed E-state index contributed by atoms with van der Waals surface area (Å²) in [7, 11) is 11.3. The highest BCUT2D eigenvalue weighted by Gasteiger charge is 2.41. The lowest BCUT2D eigenvalue weighted by Crippen LogP contribution is -2.60. The second-order valence-corrected chi connectivity index (χ2v) is 35.8. The van der Waals surface area contributed by atoms with Crippen LogP contribution in [0.2, 0.25) is 0 Å². The summed E-state index contributed by atoms with van der Waals surface area (Å²) in [6.45, 7) is 25.4. The van der Waals surface area contributed by atoms with Gasteiger partial charge in [0.15, 0.2) is 6.10 Å². The monoisotopic (exact) mass is 1520 g/mol. The molecule has 29 heteroatoms. The van der Waals surface area contributed by atoms with Crippen LogP contribution in [0.25, 0.3) is 0 Å². The van der Waals surface area contributed by atoms with Gasteiger partial charge in [-0.15, -0.1) is 0 Å². The van der Waals surface area contributed by atoms with E-state index in [-0.39, 0.29) is 84.5 Å². The molecule has 1 aliphatic rings. The van der Waals surface area contributed by atoms with Gasteiger partial charge in [-0.25, -0.2) is 4.79 Å². The van der Waals surface area contributed by atoms with Crippen molar-refractivity contribution >= 4 is 114 Å². The Bertz CT molecular complexity index is 3350. The van der Waals surface area contributed by atoms with Gasteiger partial charge in [-0.1, -0.05) is 203 Å². The van der Waals surface area contributed by atoms with E-state index in [1.807, 2.05) is 48.5 Å². The molecule has 0 radical (unpaired) electrons. The number of ether oxygens (including phenoxy) is 1. The first-order valence-electron chi connectivity index (χ1n) is 35.6. The lowest BCUT2D eigenvalue weighted by Gasteiger charge is -2.36. The van der Waals surface area contributed by atoms with Gasteiger partial charge in [0, 0.05) is 69.2 Å². The molecule has 1 unspecified atom stereocenters. The summed E-state index contributed by atoms with van der Waals surface area (Å²) in [5, 5.41) is 19.6. The molecule has 0 spiro atoms. The summed E-state index contributed by atoms with van der Waals surface area (Å²) in [6.07, 6.45) is -1.18. The van der Waals surface area contributed by atoms with Crippen molar-refractivity contribution in [3.63, 3.8) is 0 Å². The number of esters is 1. The van der Waals surface area contributed by atoms with Crippen LogP contribution in [0.5, 0.6) is 0 Å². The molecule has 1 heterocycles. The number of likely N-dealkylation sites (N-methyl/N-ethyl adjacent to an activating group) is 4. The van der Waals surface area contributed by atoms with Crippen molar-refractivity contribution in [3.05, 3.63) is 108 Å². The zero-order valence-corrected chi connectivity index (χ0v) is 67.1. The van der Waals surface area contributed by atoms with Gasteiger partial charge in [0.1, 0.15) is 60.4 Å². The van der Waals surface area contributed by atoms with E-state index in [9.17, 15) is 43.2 Å². The van der Waals surface area contributed by atoms with E-state index in [0.29, 0.717) is 28.9 Å². The van der Waals surface area contributed by atoms with Crippen LogP contribution in [0.15, 0.2) is 91.0 Å². The normalized spacial score (nSPS) is 24.1. The third kappa shape index (κ3) is 29.9. The minimum atomic E-state index is -1.61. The number of rotatable bonds is 22. The number of hydrogen-bond donors (Lipinski definition) is 8. The number of carbonyl (C=O) groups excluding carboxylic acids is 12. The van der Waals surface area contributed by atoms with Crippen LogP contribution in [0.1, 0.15) is 146 Å². The summed E-state index contributed by atoms with van der Waals surface area (Å²) >= 11 is 0. The van der Waals surface area contributed by atoms with Crippen LogP contribution in [-0.2, 0) is 81.5 Å². The highest BCUT2D eigenvalue weighted by molar-refractivity contribution is 8.77. The predicted octanol–water partition coefficient (Wildman–Crippen LogP) is 6.00. The number of cyclic esters (lactones) is 1. The van der Waals surface area contributed by atoms with Crippen LogP contribution in [0, 0.1) is 11.8 Å². The minimum Gasteiger partial charge on any atom is -0.450 e. The third-order valence-electron chi connectivity index (χ3n) is 17.2. The molecule has 12 atom stereocenters. The summed E-state index contributed by atoms with van der Waals surface area (Å²) < 4.78 is 5.74. The van der Waals surface area contributed by atoms with E-state index in [0.717, 1.165) is 4.90 Å². The van der Waals surface area contributed by atoms with Gasteiger partial charge in [0.2, 0.25) is 59.1 Å². The average molecular weight is 1520 g/mol. The molecule has 25 nitrogen and oxygen atoms in total. The van der Waals surface area contributed by atoms with Crippen molar-refractivity contribution in [1.82, 2.24) is 56.8 Å². The molecular formula is C75H114N12O13S4. The molecule has 1 fully saturated rings. The van der Waals surface area contributed by atoms with Gasteiger partial charge in [-0.2, -0.15) is 0 Å². The van der Waals surface area contributed by atoms with Crippen molar-refractivity contribution in [2.45, 2.75) is 230 Å². The number of unbranched alkanes of at least 4 members (excludes halogenated alkanes) is 1. The Morgan fingerprint density at radius 3 is 1.48 bits per heavy atom. The van der Waals surface area contributed by atoms with E-state index < -0.39 is 138 Å². The molecule has 0 bridgehead atoms. The number of carbonyl (C=O) groups is 12. The van der Waals surface area contributed by atoms with Crippen LogP contribution in [-0.4, -0.2) is 219 Å². The Morgan fingerprint density at radius 2 is 0.942 bits per heavy atom. The smallest absolute Gasteiger partial charge is 0.329 e. The van der Waals surface area contributed by atoms with E-state index in [1.165, 1.54) is 103 Å². The molecule has 576 valence electrons. The summed E-state index contributed by atoms with van der Waals surface area (Å²) in [5.41, 5.74) is 8.12. The summed E-state index contributed by atoms with van der Waals surface area (Å²) in [5.74, 6) is -9.06. The molecule has 1 aliphatic heterocycles. The molecule has 11 amide bonds. The van der Waals surface area contributed by atoms with Crippen LogP contribution >= 0.6 is 43.2 Å². The third-order valence-corrected chi connectivity index (χ3v) is 23.9. The summed E-state index contributed by atoms with van der Waals surface area (Å²) in [4.78, 5) is 181. The fraction of sp³-hybridized carbons (Fsp3) is 0.600. The maximum absolute atomic E-state index is 15.2. The van der Waals surface area contributed by atoms with E-state index in [2.05, 4.69) is 58.0 Å². The molecule has 3 aromatic carbocycles. The topological polar surface area (TPSA) is 337 Å². The second kappa shape index (κ2) is 42.7. The first-order chi connectivity index (χ1) is 48.7. The zero-order chi connectivity index (χ0) is 77.9. The van der Waals surface area contributed by atoms with Crippen LogP contribution < -0.4 is 43.0 Å². The Morgan fingerprint density at radius 1 is 0.481 bits per heavy atom. The molecule has 104 heavy (non-hydrogen) atoms. The highest BCUT2D eigenvalue weighted by Crippen LogP contribution is 2.36. The largest absolute Gasteiger partial charge is 0.450 e. The molecule has 4 rings (SSSR count).